The molecule has 4 heteroatoms. The normalized spacial score (nSPS) is 14.8. The van der Waals surface area contributed by atoms with Crippen LogP contribution in [0.1, 0.15) is 28.8 Å². The second-order valence-corrected chi connectivity index (χ2v) is 4.43. The Kier molecular flexibility index (Phi) is 2.81. The molecular formula is C12H16N2O2. The molecule has 1 aliphatic carbocycles. The molecule has 0 aromatic carbocycles. The highest BCUT2D eigenvalue weighted by atomic mass is 16.2. The lowest BCUT2D eigenvalue weighted by molar-refractivity contribution is -0.129. The molecular weight excluding hydrogens is 204 g/mol. The van der Waals surface area contributed by atoms with E-state index in [0.29, 0.717) is 13.0 Å². The Labute approximate surface area is 94.8 Å². The summed E-state index contributed by atoms with van der Waals surface area (Å²) in [5, 5.41) is 0. The SMILES string of the molecule is CN(C)C(=O)Cn1cc2c(c1)C(=O)CCC2. The van der Waals surface area contributed by atoms with Gasteiger partial charge in [-0.1, -0.05) is 0 Å². The quantitative estimate of drug-likeness (QED) is 0.749. The van der Waals surface area contributed by atoms with E-state index in [4.69, 9.17) is 0 Å². The molecule has 0 saturated carbocycles. The number of hydrogen-bond donors (Lipinski definition) is 0. The summed E-state index contributed by atoms with van der Waals surface area (Å²) in [5.74, 6) is 0.247. The Morgan fingerprint density at radius 3 is 2.75 bits per heavy atom. The van der Waals surface area contributed by atoms with E-state index in [1.165, 1.54) is 0 Å². The van der Waals surface area contributed by atoms with E-state index < -0.39 is 0 Å². The fraction of sp³-hybridized carbons (Fsp3) is 0.500. The second kappa shape index (κ2) is 4.12. The van der Waals surface area contributed by atoms with Crippen molar-refractivity contribution < 1.29 is 9.59 Å². The lowest BCUT2D eigenvalue weighted by Crippen LogP contribution is -2.25. The molecule has 1 heterocycles. The standard InChI is InChI=1S/C12H16N2O2/c1-13(2)12(16)8-14-6-9-4-3-5-11(15)10(9)7-14/h6-7H,3-5,8H2,1-2H3. The lowest BCUT2D eigenvalue weighted by Gasteiger charge is -2.10. The van der Waals surface area contributed by atoms with Crippen LogP contribution in [0.3, 0.4) is 0 Å². The van der Waals surface area contributed by atoms with E-state index in [0.717, 1.165) is 24.0 Å². The molecule has 16 heavy (non-hydrogen) atoms. The van der Waals surface area contributed by atoms with Gasteiger partial charge in [-0.3, -0.25) is 9.59 Å². The van der Waals surface area contributed by atoms with Gasteiger partial charge in [-0.05, 0) is 18.4 Å². The maximum absolute atomic E-state index is 11.6. The molecule has 0 atom stereocenters. The Morgan fingerprint density at radius 2 is 2.12 bits per heavy atom. The van der Waals surface area contributed by atoms with Gasteiger partial charge in [0.2, 0.25) is 5.91 Å². The predicted octanol–water partition coefficient (Wildman–Crippen LogP) is 1.10. The second-order valence-electron chi connectivity index (χ2n) is 4.43. The van der Waals surface area contributed by atoms with Crippen molar-refractivity contribution in [2.45, 2.75) is 25.8 Å². The summed E-state index contributed by atoms with van der Waals surface area (Å²) in [6.45, 7) is 0.313. The van der Waals surface area contributed by atoms with Crippen LogP contribution in [0.25, 0.3) is 0 Å². The molecule has 1 aromatic heterocycles. The van der Waals surface area contributed by atoms with Crippen molar-refractivity contribution in [1.29, 1.82) is 0 Å². The van der Waals surface area contributed by atoms with Gasteiger partial charge in [0.05, 0.1) is 0 Å². The molecule has 0 unspecified atom stereocenters. The highest BCUT2D eigenvalue weighted by molar-refractivity contribution is 5.98. The average Bonchev–Trinajstić information content (AvgIpc) is 2.61. The first-order chi connectivity index (χ1) is 7.58. The van der Waals surface area contributed by atoms with Crippen molar-refractivity contribution in [1.82, 2.24) is 9.47 Å². The Bertz CT molecular complexity index is 432. The van der Waals surface area contributed by atoms with Crippen molar-refractivity contribution in [2.75, 3.05) is 14.1 Å². The number of rotatable bonds is 2. The molecule has 0 N–H and O–H groups in total. The summed E-state index contributed by atoms with van der Waals surface area (Å²) in [6, 6.07) is 0. The summed E-state index contributed by atoms with van der Waals surface area (Å²) in [6.07, 6.45) is 6.24. The maximum Gasteiger partial charge on any atom is 0.241 e. The van der Waals surface area contributed by atoms with E-state index in [2.05, 4.69) is 0 Å². The first-order valence-electron chi connectivity index (χ1n) is 5.50. The van der Waals surface area contributed by atoms with Crippen LogP contribution in [-0.4, -0.2) is 35.3 Å². The Hall–Kier alpha value is -1.58. The maximum atomic E-state index is 11.6. The summed E-state index contributed by atoms with van der Waals surface area (Å²) >= 11 is 0. The molecule has 0 saturated heterocycles. The summed E-state index contributed by atoms with van der Waals surface area (Å²) in [7, 11) is 3.47. The van der Waals surface area contributed by atoms with Gasteiger partial charge in [-0.15, -0.1) is 0 Å². The van der Waals surface area contributed by atoms with Crippen molar-refractivity contribution in [3.8, 4) is 0 Å². The van der Waals surface area contributed by atoms with Gasteiger partial charge in [-0.25, -0.2) is 0 Å². The Morgan fingerprint density at radius 1 is 1.38 bits per heavy atom. The van der Waals surface area contributed by atoms with Crippen LogP contribution >= 0.6 is 0 Å². The van der Waals surface area contributed by atoms with E-state index in [9.17, 15) is 9.59 Å². The molecule has 0 radical (unpaired) electrons. The molecule has 1 amide bonds. The van der Waals surface area contributed by atoms with Gasteiger partial charge in [-0.2, -0.15) is 0 Å². The average molecular weight is 220 g/mol. The molecule has 1 aromatic rings. The number of Topliss-reactive ketones (excluding diaryl/α,β-unsaturated/α-hetero) is 1. The van der Waals surface area contributed by atoms with Crippen LogP contribution in [0.15, 0.2) is 12.4 Å². The van der Waals surface area contributed by atoms with Crippen LogP contribution in [0.2, 0.25) is 0 Å². The van der Waals surface area contributed by atoms with E-state index in [1.807, 2.05) is 10.8 Å². The topological polar surface area (TPSA) is 42.3 Å². The molecule has 0 fully saturated rings. The van der Waals surface area contributed by atoms with Gasteiger partial charge < -0.3 is 9.47 Å². The van der Waals surface area contributed by atoms with Crippen molar-refractivity contribution in [3.63, 3.8) is 0 Å². The number of aryl methyl sites for hydroxylation is 1. The number of nitrogens with zero attached hydrogens (tertiary/aromatic N) is 2. The number of ketones is 1. The molecule has 2 rings (SSSR count). The molecule has 86 valence electrons. The van der Waals surface area contributed by atoms with Crippen LogP contribution < -0.4 is 0 Å². The van der Waals surface area contributed by atoms with Crippen LogP contribution in [-0.2, 0) is 17.8 Å². The molecule has 0 bridgehead atoms. The van der Waals surface area contributed by atoms with Gasteiger partial charge in [0.25, 0.3) is 0 Å². The Balaban J connectivity index is 2.18. The third-order valence-electron chi connectivity index (χ3n) is 2.93. The number of likely N-dealkylation sites (N-methyl/N-ethyl adjacent to an activating group) is 1. The van der Waals surface area contributed by atoms with Crippen LogP contribution in [0.4, 0.5) is 0 Å². The van der Waals surface area contributed by atoms with Crippen LogP contribution in [0.5, 0.6) is 0 Å². The summed E-state index contributed by atoms with van der Waals surface area (Å²) < 4.78 is 1.82. The van der Waals surface area contributed by atoms with Crippen molar-refractivity contribution in [3.05, 3.63) is 23.5 Å². The lowest BCUT2D eigenvalue weighted by atomic mass is 9.95. The third-order valence-corrected chi connectivity index (χ3v) is 2.93. The minimum atomic E-state index is 0.0415. The summed E-state index contributed by atoms with van der Waals surface area (Å²) in [4.78, 5) is 24.7. The number of carbonyl (C=O) groups excluding carboxylic acids is 2. The van der Waals surface area contributed by atoms with Crippen LogP contribution in [0, 0.1) is 0 Å². The zero-order valence-corrected chi connectivity index (χ0v) is 9.69. The molecule has 1 aliphatic rings. The zero-order chi connectivity index (χ0) is 11.7. The molecule has 0 aliphatic heterocycles. The number of amides is 1. The number of aromatic nitrogens is 1. The number of hydrogen-bond acceptors (Lipinski definition) is 2. The van der Waals surface area contributed by atoms with Gasteiger partial charge in [0.15, 0.2) is 5.78 Å². The fourth-order valence-electron chi connectivity index (χ4n) is 1.97. The highest BCUT2D eigenvalue weighted by Gasteiger charge is 2.19. The predicted molar refractivity (Wildman–Crippen MR) is 60.4 cm³/mol. The summed E-state index contributed by atoms with van der Waals surface area (Å²) in [5.41, 5.74) is 1.89. The van der Waals surface area contributed by atoms with Crippen molar-refractivity contribution >= 4 is 11.7 Å². The van der Waals surface area contributed by atoms with Gasteiger partial charge in [0.1, 0.15) is 6.54 Å². The van der Waals surface area contributed by atoms with Gasteiger partial charge >= 0.3 is 0 Å². The third kappa shape index (κ3) is 2.01. The first-order valence-corrected chi connectivity index (χ1v) is 5.50. The zero-order valence-electron chi connectivity index (χ0n) is 9.69. The van der Waals surface area contributed by atoms with Gasteiger partial charge in [0, 0.05) is 38.5 Å². The molecule has 0 spiro atoms. The minimum absolute atomic E-state index is 0.0415. The number of carbonyl (C=O) groups is 2. The minimum Gasteiger partial charge on any atom is -0.347 e. The monoisotopic (exact) mass is 220 g/mol. The first kappa shape index (κ1) is 10.9. The molecule has 4 nitrogen and oxygen atoms in total. The van der Waals surface area contributed by atoms with E-state index in [-0.39, 0.29) is 11.7 Å². The number of fused-ring (bicyclic) bond motifs is 1. The largest absolute Gasteiger partial charge is 0.347 e. The fourth-order valence-corrected chi connectivity index (χ4v) is 1.97. The smallest absolute Gasteiger partial charge is 0.241 e. The van der Waals surface area contributed by atoms with E-state index >= 15 is 0 Å². The van der Waals surface area contributed by atoms with E-state index in [1.54, 1.807) is 25.2 Å². The highest BCUT2D eigenvalue weighted by Crippen LogP contribution is 2.21. The van der Waals surface area contributed by atoms with Crippen molar-refractivity contribution in [2.24, 2.45) is 0 Å².